The van der Waals surface area contributed by atoms with Gasteiger partial charge in [0.2, 0.25) is 0 Å². The molecule has 0 radical (unpaired) electrons. The maximum absolute atomic E-state index is 12.0. The highest BCUT2D eigenvalue weighted by molar-refractivity contribution is 5.99. The van der Waals surface area contributed by atoms with Crippen LogP contribution < -0.4 is 0 Å². The number of carbonyl (C=O) groups is 3. The maximum Gasteiger partial charge on any atom is 0.321 e. The van der Waals surface area contributed by atoms with Crippen molar-refractivity contribution in [2.24, 2.45) is 17.8 Å². The SMILES string of the molecule is CCOC(=O)C(C(=O)OCC)C(C(=O)OCC)C(C)C. The number of esters is 3. The van der Waals surface area contributed by atoms with Gasteiger partial charge in [-0.3, -0.25) is 14.4 Å². The Morgan fingerprint density at radius 3 is 1.40 bits per heavy atom. The molecule has 0 N–H and O–H groups in total. The van der Waals surface area contributed by atoms with Crippen LogP contribution in [0, 0.1) is 17.8 Å². The summed E-state index contributed by atoms with van der Waals surface area (Å²) < 4.78 is 14.7. The van der Waals surface area contributed by atoms with Crippen LogP contribution in [0.1, 0.15) is 34.6 Å². The summed E-state index contributed by atoms with van der Waals surface area (Å²) in [6.07, 6.45) is 0. The summed E-state index contributed by atoms with van der Waals surface area (Å²) in [5.74, 6) is -4.54. The molecule has 0 aromatic heterocycles. The van der Waals surface area contributed by atoms with Gasteiger partial charge in [-0.05, 0) is 26.7 Å². The zero-order valence-corrected chi connectivity index (χ0v) is 12.8. The van der Waals surface area contributed by atoms with E-state index in [1.165, 1.54) is 0 Å². The summed E-state index contributed by atoms with van der Waals surface area (Å²) >= 11 is 0. The number of carbonyl (C=O) groups excluding carboxylic acids is 3. The zero-order chi connectivity index (χ0) is 15.7. The lowest BCUT2D eigenvalue weighted by molar-refractivity contribution is -0.173. The molecule has 0 amide bonds. The third kappa shape index (κ3) is 5.19. The van der Waals surface area contributed by atoms with E-state index in [0.29, 0.717) is 0 Å². The van der Waals surface area contributed by atoms with E-state index in [9.17, 15) is 14.4 Å². The fourth-order valence-corrected chi connectivity index (χ4v) is 1.89. The molecule has 0 bridgehead atoms. The van der Waals surface area contributed by atoms with Crippen LogP contribution in [0.3, 0.4) is 0 Å². The zero-order valence-electron chi connectivity index (χ0n) is 12.8. The van der Waals surface area contributed by atoms with E-state index in [1.807, 2.05) is 0 Å². The highest BCUT2D eigenvalue weighted by atomic mass is 16.6. The van der Waals surface area contributed by atoms with Crippen LogP contribution in [-0.2, 0) is 28.6 Å². The molecule has 0 rings (SSSR count). The second kappa shape index (κ2) is 9.34. The summed E-state index contributed by atoms with van der Waals surface area (Å²) in [5, 5.41) is 0. The van der Waals surface area contributed by atoms with E-state index in [4.69, 9.17) is 14.2 Å². The fourth-order valence-electron chi connectivity index (χ4n) is 1.89. The summed E-state index contributed by atoms with van der Waals surface area (Å²) in [5.41, 5.74) is 0. The quantitative estimate of drug-likeness (QED) is 0.383. The monoisotopic (exact) mass is 288 g/mol. The molecule has 6 nitrogen and oxygen atoms in total. The Morgan fingerprint density at radius 1 is 0.750 bits per heavy atom. The average Bonchev–Trinajstić information content (AvgIpc) is 2.35. The first-order valence-electron chi connectivity index (χ1n) is 6.90. The van der Waals surface area contributed by atoms with Crippen LogP contribution in [0.2, 0.25) is 0 Å². The molecule has 20 heavy (non-hydrogen) atoms. The summed E-state index contributed by atoms with van der Waals surface area (Å²) in [6.45, 7) is 8.86. The van der Waals surface area contributed by atoms with Crippen LogP contribution in [0.4, 0.5) is 0 Å². The minimum atomic E-state index is -1.28. The molecule has 0 heterocycles. The van der Waals surface area contributed by atoms with E-state index in [-0.39, 0.29) is 25.7 Å². The Bertz CT molecular complexity index is 319. The summed E-state index contributed by atoms with van der Waals surface area (Å²) in [4.78, 5) is 36.0. The topological polar surface area (TPSA) is 78.9 Å². The van der Waals surface area contributed by atoms with Crippen molar-refractivity contribution in [1.29, 1.82) is 0 Å². The van der Waals surface area contributed by atoms with Crippen LogP contribution >= 0.6 is 0 Å². The lowest BCUT2D eigenvalue weighted by atomic mass is 9.83. The average molecular weight is 288 g/mol. The Morgan fingerprint density at radius 2 is 1.10 bits per heavy atom. The smallest absolute Gasteiger partial charge is 0.321 e. The second-order valence-electron chi connectivity index (χ2n) is 4.50. The first-order valence-corrected chi connectivity index (χ1v) is 6.90. The standard InChI is InChI=1S/C14H24O6/c1-6-18-12(15)10(9(4)5)11(13(16)19-7-2)14(17)20-8-3/h9-11H,6-8H2,1-5H3. The van der Waals surface area contributed by atoms with Crippen molar-refractivity contribution in [3.8, 4) is 0 Å². The van der Waals surface area contributed by atoms with E-state index in [2.05, 4.69) is 0 Å². The first-order chi connectivity index (χ1) is 9.40. The molecule has 0 aliphatic heterocycles. The Balaban J connectivity index is 5.35. The Labute approximate surface area is 119 Å². The van der Waals surface area contributed by atoms with Gasteiger partial charge < -0.3 is 14.2 Å². The minimum absolute atomic E-state index is 0.127. The van der Waals surface area contributed by atoms with Crippen LogP contribution in [0.15, 0.2) is 0 Å². The molecule has 1 atom stereocenters. The number of hydrogen-bond donors (Lipinski definition) is 0. The van der Waals surface area contributed by atoms with Gasteiger partial charge in [-0.25, -0.2) is 0 Å². The molecule has 0 fully saturated rings. The van der Waals surface area contributed by atoms with Crippen molar-refractivity contribution in [3.63, 3.8) is 0 Å². The molecule has 0 saturated carbocycles. The molecule has 0 saturated heterocycles. The molecule has 0 aliphatic rings. The van der Waals surface area contributed by atoms with E-state index >= 15 is 0 Å². The molecule has 0 aromatic carbocycles. The van der Waals surface area contributed by atoms with Gasteiger partial charge in [0.15, 0.2) is 5.92 Å². The summed E-state index contributed by atoms with van der Waals surface area (Å²) in [6, 6.07) is 0. The van der Waals surface area contributed by atoms with Gasteiger partial charge in [0, 0.05) is 0 Å². The number of rotatable bonds is 8. The van der Waals surface area contributed by atoms with Gasteiger partial charge in [-0.2, -0.15) is 0 Å². The lowest BCUT2D eigenvalue weighted by Gasteiger charge is -2.25. The molecule has 116 valence electrons. The summed E-state index contributed by atoms with van der Waals surface area (Å²) in [7, 11) is 0. The third-order valence-electron chi connectivity index (χ3n) is 2.72. The van der Waals surface area contributed by atoms with Crippen molar-refractivity contribution in [2.75, 3.05) is 19.8 Å². The molecular weight excluding hydrogens is 264 g/mol. The Kier molecular flexibility index (Phi) is 8.59. The molecule has 0 aromatic rings. The van der Waals surface area contributed by atoms with Crippen molar-refractivity contribution in [1.82, 2.24) is 0 Å². The van der Waals surface area contributed by atoms with Crippen molar-refractivity contribution >= 4 is 17.9 Å². The largest absolute Gasteiger partial charge is 0.466 e. The van der Waals surface area contributed by atoms with Crippen molar-refractivity contribution < 1.29 is 28.6 Å². The molecule has 0 aliphatic carbocycles. The highest BCUT2D eigenvalue weighted by Gasteiger charge is 2.44. The van der Waals surface area contributed by atoms with Crippen molar-refractivity contribution in [2.45, 2.75) is 34.6 Å². The van der Waals surface area contributed by atoms with Crippen LogP contribution in [0.5, 0.6) is 0 Å². The fraction of sp³-hybridized carbons (Fsp3) is 0.786. The van der Waals surface area contributed by atoms with Gasteiger partial charge in [0.25, 0.3) is 0 Å². The van der Waals surface area contributed by atoms with E-state index < -0.39 is 29.7 Å². The van der Waals surface area contributed by atoms with Crippen molar-refractivity contribution in [3.05, 3.63) is 0 Å². The van der Waals surface area contributed by atoms with Gasteiger partial charge >= 0.3 is 17.9 Å². The predicted octanol–water partition coefficient (Wildman–Crippen LogP) is 1.56. The molecular formula is C14H24O6. The first kappa shape index (κ1) is 18.4. The molecule has 0 spiro atoms. The normalized spacial score (nSPS) is 12.2. The third-order valence-corrected chi connectivity index (χ3v) is 2.72. The maximum atomic E-state index is 12.0. The second-order valence-corrected chi connectivity index (χ2v) is 4.50. The van der Waals surface area contributed by atoms with E-state index in [0.717, 1.165) is 0 Å². The Hall–Kier alpha value is -1.59. The van der Waals surface area contributed by atoms with Gasteiger partial charge in [-0.15, -0.1) is 0 Å². The predicted molar refractivity (Wildman–Crippen MR) is 71.7 cm³/mol. The lowest BCUT2D eigenvalue weighted by Crippen LogP contribution is -2.41. The van der Waals surface area contributed by atoms with E-state index in [1.54, 1.807) is 34.6 Å². The van der Waals surface area contributed by atoms with Gasteiger partial charge in [-0.1, -0.05) is 13.8 Å². The number of hydrogen-bond acceptors (Lipinski definition) is 6. The van der Waals surface area contributed by atoms with Gasteiger partial charge in [0.05, 0.1) is 25.7 Å². The molecule has 6 heteroatoms. The van der Waals surface area contributed by atoms with Crippen LogP contribution in [-0.4, -0.2) is 37.7 Å². The number of ether oxygens (including phenoxy) is 3. The minimum Gasteiger partial charge on any atom is -0.466 e. The highest BCUT2D eigenvalue weighted by Crippen LogP contribution is 2.25. The molecule has 1 unspecified atom stereocenters. The van der Waals surface area contributed by atoms with Crippen LogP contribution in [0.25, 0.3) is 0 Å². The van der Waals surface area contributed by atoms with Gasteiger partial charge in [0.1, 0.15) is 0 Å².